The highest BCUT2D eigenvalue weighted by Crippen LogP contribution is 2.19. The Morgan fingerprint density at radius 3 is 2.50 bits per heavy atom. The van der Waals surface area contributed by atoms with Crippen molar-refractivity contribution in [3.05, 3.63) is 29.3 Å². The third-order valence-corrected chi connectivity index (χ3v) is 3.29. The van der Waals surface area contributed by atoms with Gasteiger partial charge in [-0.3, -0.25) is 4.79 Å². The van der Waals surface area contributed by atoms with Gasteiger partial charge in [0.2, 0.25) is 0 Å². The molecule has 4 nitrogen and oxygen atoms in total. The first-order chi connectivity index (χ1) is 8.47. The zero-order chi connectivity index (χ0) is 13.3. The molecule has 1 amide bonds. The number of amides is 1. The van der Waals surface area contributed by atoms with Crippen LogP contribution in [0.25, 0.3) is 0 Å². The lowest BCUT2D eigenvalue weighted by molar-refractivity contribution is 0.0673. The van der Waals surface area contributed by atoms with E-state index in [9.17, 15) is 9.90 Å². The van der Waals surface area contributed by atoms with Crippen molar-refractivity contribution in [2.75, 3.05) is 13.1 Å². The lowest BCUT2D eigenvalue weighted by Gasteiger charge is -2.36. The standard InChI is InChI=1S/C14H20N2O2/c1-9-6-12(4-5-13(9)17)14(18)16-7-10(2)15-11(3)8-16/h4-6,10-11,15,17H,7-8H2,1-3H3. The number of phenolic OH excluding ortho intramolecular Hbond substituents is 1. The Morgan fingerprint density at radius 1 is 1.33 bits per heavy atom. The van der Waals surface area contributed by atoms with Gasteiger partial charge in [0.15, 0.2) is 0 Å². The van der Waals surface area contributed by atoms with Crippen LogP contribution < -0.4 is 5.32 Å². The average Bonchev–Trinajstić information content (AvgIpc) is 2.30. The normalized spacial score (nSPS) is 24.1. The summed E-state index contributed by atoms with van der Waals surface area (Å²) in [7, 11) is 0. The lowest BCUT2D eigenvalue weighted by Crippen LogP contribution is -2.55. The second kappa shape index (κ2) is 4.98. The molecule has 2 N–H and O–H groups in total. The van der Waals surface area contributed by atoms with Crippen molar-refractivity contribution >= 4 is 5.91 Å². The molecule has 0 aromatic heterocycles. The van der Waals surface area contributed by atoms with Crippen molar-refractivity contribution in [3.63, 3.8) is 0 Å². The smallest absolute Gasteiger partial charge is 0.253 e. The number of nitrogens with one attached hydrogen (secondary N) is 1. The van der Waals surface area contributed by atoms with Crippen molar-refractivity contribution in [3.8, 4) is 5.75 Å². The highest BCUT2D eigenvalue weighted by atomic mass is 16.3. The maximum absolute atomic E-state index is 12.4. The zero-order valence-corrected chi connectivity index (χ0v) is 11.1. The Labute approximate surface area is 108 Å². The van der Waals surface area contributed by atoms with Gasteiger partial charge >= 0.3 is 0 Å². The monoisotopic (exact) mass is 248 g/mol. The summed E-state index contributed by atoms with van der Waals surface area (Å²) in [5.41, 5.74) is 1.38. The molecule has 18 heavy (non-hydrogen) atoms. The molecule has 1 saturated heterocycles. The molecule has 4 heteroatoms. The summed E-state index contributed by atoms with van der Waals surface area (Å²) in [4.78, 5) is 14.2. The Kier molecular flexibility index (Phi) is 3.57. The van der Waals surface area contributed by atoms with Gasteiger partial charge in [-0.2, -0.15) is 0 Å². The SMILES string of the molecule is Cc1cc(C(=O)N2CC(C)NC(C)C2)ccc1O. The van der Waals surface area contributed by atoms with E-state index in [0.29, 0.717) is 17.6 Å². The van der Waals surface area contributed by atoms with Crippen molar-refractivity contribution in [1.82, 2.24) is 10.2 Å². The van der Waals surface area contributed by atoms with Crippen LogP contribution in [0.1, 0.15) is 29.8 Å². The molecule has 1 fully saturated rings. The highest BCUT2D eigenvalue weighted by Gasteiger charge is 2.25. The first kappa shape index (κ1) is 12.9. The molecule has 0 radical (unpaired) electrons. The molecule has 1 aliphatic rings. The molecule has 0 bridgehead atoms. The van der Waals surface area contributed by atoms with Crippen LogP contribution in [0.5, 0.6) is 5.75 Å². The maximum Gasteiger partial charge on any atom is 0.253 e. The van der Waals surface area contributed by atoms with Crippen molar-refractivity contribution in [2.24, 2.45) is 0 Å². The number of carbonyl (C=O) groups excluding carboxylic acids is 1. The number of rotatable bonds is 1. The Morgan fingerprint density at radius 2 is 1.94 bits per heavy atom. The minimum Gasteiger partial charge on any atom is -0.508 e. The lowest BCUT2D eigenvalue weighted by atomic mass is 10.1. The summed E-state index contributed by atoms with van der Waals surface area (Å²) < 4.78 is 0. The van der Waals surface area contributed by atoms with E-state index < -0.39 is 0 Å². The minimum absolute atomic E-state index is 0.0401. The number of aryl methyl sites for hydroxylation is 1. The zero-order valence-electron chi connectivity index (χ0n) is 11.1. The van der Waals surface area contributed by atoms with Crippen LogP contribution in [0.3, 0.4) is 0 Å². The predicted molar refractivity (Wildman–Crippen MR) is 70.8 cm³/mol. The molecule has 1 aromatic rings. The Hall–Kier alpha value is -1.55. The van der Waals surface area contributed by atoms with Gasteiger partial charge in [-0.05, 0) is 44.5 Å². The van der Waals surface area contributed by atoms with Gasteiger partial charge < -0.3 is 15.3 Å². The highest BCUT2D eigenvalue weighted by molar-refractivity contribution is 5.94. The predicted octanol–water partition coefficient (Wildman–Crippen LogP) is 1.52. The molecule has 0 aliphatic carbocycles. The minimum atomic E-state index is 0.0401. The van der Waals surface area contributed by atoms with Crippen LogP contribution in [0, 0.1) is 6.92 Å². The number of benzene rings is 1. The number of phenols is 1. The molecular formula is C14H20N2O2. The molecule has 0 spiro atoms. The summed E-state index contributed by atoms with van der Waals surface area (Å²) in [5.74, 6) is 0.270. The summed E-state index contributed by atoms with van der Waals surface area (Å²) in [6.45, 7) is 7.41. The molecular weight excluding hydrogens is 228 g/mol. The van der Waals surface area contributed by atoms with Gasteiger partial charge in [0.25, 0.3) is 5.91 Å². The number of hydrogen-bond acceptors (Lipinski definition) is 3. The summed E-state index contributed by atoms with van der Waals surface area (Å²) in [6.07, 6.45) is 0. The molecule has 1 heterocycles. The van der Waals surface area contributed by atoms with Gasteiger partial charge in [-0.15, -0.1) is 0 Å². The molecule has 2 atom stereocenters. The Balaban J connectivity index is 2.17. The Bertz CT molecular complexity index is 449. The number of aromatic hydroxyl groups is 1. The second-order valence-electron chi connectivity index (χ2n) is 5.18. The summed E-state index contributed by atoms with van der Waals surface area (Å²) in [6, 6.07) is 5.64. The van der Waals surface area contributed by atoms with E-state index >= 15 is 0 Å². The van der Waals surface area contributed by atoms with E-state index in [1.807, 2.05) is 4.90 Å². The molecule has 98 valence electrons. The van der Waals surface area contributed by atoms with Crippen LogP contribution in [0.15, 0.2) is 18.2 Å². The maximum atomic E-state index is 12.4. The van der Waals surface area contributed by atoms with Gasteiger partial charge in [0.05, 0.1) is 0 Å². The van der Waals surface area contributed by atoms with Crippen LogP contribution in [-0.4, -0.2) is 41.1 Å². The van der Waals surface area contributed by atoms with Crippen LogP contribution in [0.4, 0.5) is 0 Å². The first-order valence-electron chi connectivity index (χ1n) is 6.32. The van der Waals surface area contributed by atoms with E-state index in [-0.39, 0.29) is 11.7 Å². The van der Waals surface area contributed by atoms with Crippen molar-refractivity contribution in [1.29, 1.82) is 0 Å². The number of hydrogen-bond donors (Lipinski definition) is 2. The van der Waals surface area contributed by atoms with E-state index in [0.717, 1.165) is 18.7 Å². The molecule has 2 rings (SSSR count). The fourth-order valence-electron chi connectivity index (χ4n) is 2.46. The fraction of sp³-hybridized carbons (Fsp3) is 0.500. The quantitative estimate of drug-likeness (QED) is 0.792. The van der Waals surface area contributed by atoms with E-state index in [1.54, 1.807) is 25.1 Å². The van der Waals surface area contributed by atoms with Crippen LogP contribution in [0.2, 0.25) is 0 Å². The molecule has 2 unspecified atom stereocenters. The molecule has 1 aromatic carbocycles. The van der Waals surface area contributed by atoms with Gasteiger partial charge in [0.1, 0.15) is 5.75 Å². The average molecular weight is 248 g/mol. The van der Waals surface area contributed by atoms with E-state index in [4.69, 9.17) is 0 Å². The summed E-state index contributed by atoms with van der Waals surface area (Å²) >= 11 is 0. The van der Waals surface area contributed by atoms with Gasteiger partial charge in [0, 0.05) is 30.7 Å². The van der Waals surface area contributed by atoms with Crippen molar-refractivity contribution in [2.45, 2.75) is 32.9 Å². The van der Waals surface area contributed by atoms with Gasteiger partial charge in [-0.25, -0.2) is 0 Å². The first-order valence-corrected chi connectivity index (χ1v) is 6.32. The topological polar surface area (TPSA) is 52.6 Å². The van der Waals surface area contributed by atoms with E-state index in [2.05, 4.69) is 19.2 Å². The molecule has 1 aliphatic heterocycles. The second-order valence-corrected chi connectivity index (χ2v) is 5.18. The van der Waals surface area contributed by atoms with Crippen LogP contribution >= 0.6 is 0 Å². The summed E-state index contributed by atoms with van der Waals surface area (Å²) in [5, 5.41) is 12.9. The number of carbonyl (C=O) groups is 1. The van der Waals surface area contributed by atoms with Crippen LogP contribution in [-0.2, 0) is 0 Å². The van der Waals surface area contributed by atoms with Crippen molar-refractivity contribution < 1.29 is 9.90 Å². The number of nitrogens with zero attached hydrogens (tertiary/aromatic N) is 1. The third-order valence-electron chi connectivity index (χ3n) is 3.29. The van der Waals surface area contributed by atoms with Gasteiger partial charge in [-0.1, -0.05) is 0 Å². The fourth-order valence-corrected chi connectivity index (χ4v) is 2.46. The third kappa shape index (κ3) is 2.64. The molecule has 0 saturated carbocycles. The number of piperazine rings is 1. The largest absolute Gasteiger partial charge is 0.508 e. The van der Waals surface area contributed by atoms with E-state index in [1.165, 1.54) is 0 Å².